The Morgan fingerprint density at radius 2 is 1.95 bits per heavy atom. The van der Waals surface area contributed by atoms with Crippen LogP contribution < -0.4 is 10.2 Å². The summed E-state index contributed by atoms with van der Waals surface area (Å²) in [5.74, 6) is 0.437. The van der Waals surface area contributed by atoms with Crippen LogP contribution in [0.3, 0.4) is 0 Å². The van der Waals surface area contributed by atoms with Crippen LogP contribution in [0.4, 0.5) is 0 Å². The first-order valence-corrected chi connectivity index (χ1v) is 6.10. The normalized spacial score (nSPS) is 11.0. The fraction of sp³-hybridized carbons (Fsp3) is 0.133. The standard InChI is InChI=1S/C15H15N3O2/c1-11(13-4-3-9-16-10-13)17-18-15(19)12-5-7-14(20-2)8-6-12/h3-10H,1-2H3,(H,18,19). The molecule has 0 aliphatic heterocycles. The molecule has 2 rings (SSSR count). The Hall–Kier alpha value is -2.69. The van der Waals surface area contributed by atoms with E-state index in [0.29, 0.717) is 17.0 Å². The molecule has 20 heavy (non-hydrogen) atoms. The van der Waals surface area contributed by atoms with E-state index in [4.69, 9.17) is 4.74 Å². The van der Waals surface area contributed by atoms with Gasteiger partial charge in [0.15, 0.2) is 0 Å². The highest BCUT2D eigenvalue weighted by atomic mass is 16.5. The first-order valence-electron chi connectivity index (χ1n) is 6.10. The number of methoxy groups -OCH3 is 1. The number of carbonyl (C=O) groups is 1. The second-order valence-corrected chi connectivity index (χ2v) is 4.11. The molecule has 1 aromatic heterocycles. The molecule has 0 saturated heterocycles. The maximum absolute atomic E-state index is 11.9. The molecule has 0 aliphatic carbocycles. The number of aromatic nitrogens is 1. The minimum atomic E-state index is -0.268. The zero-order valence-corrected chi connectivity index (χ0v) is 11.3. The highest BCUT2D eigenvalue weighted by molar-refractivity contribution is 6.00. The van der Waals surface area contributed by atoms with Gasteiger partial charge in [-0.25, -0.2) is 5.43 Å². The fourth-order valence-electron chi connectivity index (χ4n) is 1.58. The van der Waals surface area contributed by atoms with Gasteiger partial charge in [0.1, 0.15) is 5.75 Å². The van der Waals surface area contributed by atoms with Crippen molar-refractivity contribution in [2.75, 3.05) is 7.11 Å². The molecule has 1 amide bonds. The van der Waals surface area contributed by atoms with E-state index in [0.717, 1.165) is 5.56 Å². The van der Waals surface area contributed by atoms with Crippen molar-refractivity contribution >= 4 is 11.6 Å². The summed E-state index contributed by atoms with van der Waals surface area (Å²) >= 11 is 0. The van der Waals surface area contributed by atoms with Gasteiger partial charge in [-0.3, -0.25) is 9.78 Å². The van der Waals surface area contributed by atoms with Crippen LogP contribution in [0.5, 0.6) is 5.75 Å². The van der Waals surface area contributed by atoms with Crippen molar-refractivity contribution in [1.29, 1.82) is 0 Å². The van der Waals surface area contributed by atoms with E-state index >= 15 is 0 Å². The SMILES string of the molecule is COc1ccc(C(=O)NN=C(C)c2cccnc2)cc1. The highest BCUT2D eigenvalue weighted by Gasteiger charge is 2.05. The Balaban J connectivity index is 2.04. The number of nitrogens with one attached hydrogen (secondary N) is 1. The van der Waals surface area contributed by atoms with Crippen molar-refractivity contribution in [1.82, 2.24) is 10.4 Å². The molecule has 0 saturated carbocycles. The Labute approximate surface area is 117 Å². The lowest BCUT2D eigenvalue weighted by Gasteiger charge is -2.04. The van der Waals surface area contributed by atoms with Crippen molar-refractivity contribution in [2.24, 2.45) is 5.10 Å². The number of hydrogen-bond acceptors (Lipinski definition) is 4. The predicted molar refractivity (Wildman–Crippen MR) is 76.9 cm³/mol. The molecule has 0 spiro atoms. The van der Waals surface area contributed by atoms with Gasteiger partial charge in [0, 0.05) is 23.5 Å². The van der Waals surface area contributed by atoms with Gasteiger partial charge in [-0.2, -0.15) is 5.10 Å². The van der Waals surface area contributed by atoms with Gasteiger partial charge in [0.2, 0.25) is 0 Å². The number of ether oxygens (including phenoxy) is 1. The summed E-state index contributed by atoms with van der Waals surface area (Å²) in [7, 11) is 1.58. The molecule has 1 N–H and O–H groups in total. The molecule has 0 radical (unpaired) electrons. The minimum Gasteiger partial charge on any atom is -0.497 e. The van der Waals surface area contributed by atoms with Crippen molar-refractivity contribution < 1.29 is 9.53 Å². The molecule has 5 heteroatoms. The molecular formula is C15H15N3O2. The number of hydrazone groups is 1. The quantitative estimate of drug-likeness (QED) is 0.684. The van der Waals surface area contributed by atoms with Crippen LogP contribution in [0.1, 0.15) is 22.8 Å². The number of rotatable bonds is 4. The first-order chi connectivity index (χ1) is 9.70. The van der Waals surface area contributed by atoms with E-state index < -0.39 is 0 Å². The largest absolute Gasteiger partial charge is 0.497 e. The Morgan fingerprint density at radius 3 is 2.55 bits per heavy atom. The van der Waals surface area contributed by atoms with E-state index in [9.17, 15) is 4.79 Å². The summed E-state index contributed by atoms with van der Waals surface area (Å²) < 4.78 is 5.04. The number of pyridine rings is 1. The summed E-state index contributed by atoms with van der Waals surface area (Å²) in [6, 6.07) is 10.5. The lowest BCUT2D eigenvalue weighted by Crippen LogP contribution is -2.19. The average Bonchev–Trinajstić information content (AvgIpc) is 2.53. The summed E-state index contributed by atoms with van der Waals surface area (Å²) in [6.45, 7) is 1.81. The lowest BCUT2D eigenvalue weighted by molar-refractivity contribution is 0.0955. The van der Waals surface area contributed by atoms with E-state index in [2.05, 4.69) is 15.5 Å². The highest BCUT2D eigenvalue weighted by Crippen LogP contribution is 2.11. The molecule has 0 atom stereocenters. The third-order valence-corrected chi connectivity index (χ3v) is 2.76. The maximum Gasteiger partial charge on any atom is 0.271 e. The molecule has 0 bridgehead atoms. The molecule has 0 unspecified atom stereocenters. The zero-order valence-electron chi connectivity index (χ0n) is 11.3. The van der Waals surface area contributed by atoms with Gasteiger partial charge in [0.25, 0.3) is 5.91 Å². The van der Waals surface area contributed by atoms with Crippen molar-refractivity contribution in [3.63, 3.8) is 0 Å². The van der Waals surface area contributed by atoms with Crippen LogP contribution >= 0.6 is 0 Å². The summed E-state index contributed by atoms with van der Waals surface area (Å²) in [5, 5.41) is 4.06. The number of amides is 1. The van der Waals surface area contributed by atoms with Gasteiger partial charge in [-0.05, 0) is 37.3 Å². The van der Waals surface area contributed by atoms with Gasteiger partial charge in [0.05, 0.1) is 12.8 Å². The molecule has 0 aliphatic rings. The second kappa shape index (κ2) is 6.47. The molecule has 5 nitrogen and oxygen atoms in total. The van der Waals surface area contributed by atoms with E-state index in [1.165, 1.54) is 0 Å². The molecule has 1 heterocycles. The van der Waals surface area contributed by atoms with Crippen LogP contribution in [-0.2, 0) is 0 Å². The predicted octanol–water partition coefficient (Wildman–Crippen LogP) is 2.24. The van der Waals surface area contributed by atoms with Gasteiger partial charge in [-0.1, -0.05) is 6.07 Å². The maximum atomic E-state index is 11.9. The number of nitrogens with zero attached hydrogens (tertiary/aromatic N) is 2. The van der Waals surface area contributed by atoms with E-state index in [1.54, 1.807) is 43.8 Å². The molecular weight excluding hydrogens is 254 g/mol. The summed E-state index contributed by atoms with van der Waals surface area (Å²) in [6.07, 6.45) is 3.38. The minimum absolute atomic E-state index is 0.268. The zero-order chi connectivity index (χ0) is 14.4. The van der Waals surface area contributed by atoms with Crippen LogP contribution in [0.15, 0.2) is 53.9 Å². The van der Waals surface area contributed by atoms with Crippen LogP contribution in [0, 0.1) is 0 Å². The average molecular weight is 269 g/mol. The molecule has 1 aromatic carbocycles. The number of carbonyl (C=O) groups excluding carboxylic acids is 1. The fourth-order valence-corrected chi connectivity index (χ4v) is 1.58. The van der Waals surface area contributed by atoms with Gasteiger partial charge in [-0.15, -0.1) is 0 Å². The third-order valence-electron chi connectivity index (χ3n) is 2.76. The molecule has 0 fully saturated rings. The first kappa shape index (κ1) is 13.7. The van der Waals surface area contributed by atoms with Crippen molar-refractivity contribution in [2.45, 2.75) is 6.92 Å². The van der Waals surface area contributed by atoms with Gasteiger partial charge >= 0.3 is 0 Å². The Morgan fingerprint density at radius 1 is 1.20 bits per heavy atom. The van der Waals surface area contributed by atoms with Crippen LogP contribution in [-0.4, -0.2) is 23.7 Å². The molecule has 102 valence electrons. The monoisotopic (exact) mass is 269 g/mol. The van der Waals surface area contributed by atoms with Crippen molar-refractivity contribution in [3.05, 3.63) is 59.9 Å². The lowest BCUT2D eigenvalue weighted by atomic mass is 10.2. The second-order valence-electron chi connectivity index (χ2n) is 4.11. The Kier molecular flexibility index (Phi) is 4.44. The smallest absolute Gasteiger partial charge is 0.271 e. The van der Waals surface area contributed by atoms with Crippen molar-refractivity contribution in [3.8, 4) is 5.75 Å². The number of hydrogen-bond donors (Lipinski definition) is 1. The topological polar surface area (TPSA) is 63.6 Å². The molecule has 2 aromatic rings. The third kappa shape index (κ3) is 3.41. The Bertz CT molecular complexity index is 607. The summed E-state index contributed by atoms with van der Waals surface area (Å²) in [5.41, 5.74) is 4.59. The summed E-state index contributed by atoms with van der Waals surface area (Å²) in [4.78, 5) is 15.9. The number of benzene rings is 1. The van der Waals surface area contributed by atoms with E-state index in [-0.39, 0.29) is 5.91 Å². The van der Waals surface area contributed by atoms with Crippen LogP contribution in [0.25, 0.3) is 0 Å². The van der Waals surface area contributed by atoms with Gasteiger partial charge < -0.3 is 4.74 Å². The van der Waals surface area contributed by atoms with Crippen LogP contribution in [0.2, 0.25) is 0 Å². The van der Waals surface area contributed by atoms with E-state index in [1.807, 2.05) is 19.1 Å².